The van der Waals surface area contributed by atoms with E-state index < -0.39 is 0 Å². The van der Waals surface area contributed by atoms with Crippen LogP contribution in [-0.2, 0) is 11.3 Å². The van der Waals surface area contributed by atoms with Crippen LogP contribution in [0.2, 0.25) is 0 Å². The van der Waals surface area contributed by atoms with Gasteiger partial charge >= 0.3 is 0 Å². The summed E-state index contributed by atoms with van der Waals surface area (Å²) in [6, 6.07) is 5.61. The normalized spacial score (nSPS) is 11.1. The number of fused-ring (bicyclic) bond motifs is 1. The number of carbonyl (C=O) groups is 1. The first-order chi connectivity index (χ1) is 11.0. The van der Waals surface area contributed by atoms with Crippen LogP contribution in [0.5, 0.6) is 0 Å². The third-order valence-corrected chi connectivity index (χ3v) is 3.90. The summed E-state index contributed by atoms with van der Waals surface area (Å²) in [6.07, 6.45) is 3.62. The van der Waals surface area contributed by atoms with Crippen LogP contribution in [-0.4, -0.2) is 22.0 Å². The quantitative estimate of drug-likeness (QED) is 0.854. The fourth-order valence-corrected chi connectivity index (χ4v) is 2.50. The van der Waals surface area contributed by atoms with E-state index in [1.807, 2.05) is 19.1 Å². The Kier molecular flexibility index (Phi) is 5.90. The molecule has 23 heavy (non-hydrogen) atoms. The fourth-order valence-electron chi connectivity index (χ4n) is 2.50. The molecule has 0 fully saturated rings. The van der Waals surface area contributed by atoms with Gasteiger partial charge in [-0.15, -0.1) is 0 Å². The largest absolute Gasteiger partial charge is 0.356 e. The zero-order chi connectivity index (χ0) is 16.8. The molecule has 2 aromatic rings. The van der Waals surface area contributed by atoms with E-state index in [0.717, 1.165) is 17.5 Å². The maximum Gasteiger partial charge on any atom is 0.261 e. The Morgan fingerprint density at radius 1 is 1.35 bits per heavy atom. The standard InChI is InChI=1S/C18H25N3O2/c1-13(2)9-10-19-16(22)8-5-11-21-12-20-17-14(3)6-4-7-15(17)18(21)23/h4,6-7,12-13H,5,8-11H2,1-3H3,(H,19,22). The maximum atomic E-state index is 12.4. The molecule has 5 nitrogen and oxygen atoms in total. The Labute approximate surface area is 136 Å². The summed E-state index contributed by atoms with van der Waals surface area (Å²) < 4.78 is 1.59. The van der Waals surface area contributed by atoms with Crippen LogP contribution in [0.3, 0.4) is 0 Å². The molecule has 1 N–H and O–H groups in total. The van der Waals surface area contributed by atoms with E-state index in [4.69, 9.17) is 0 Å². The molecule has 0 aliphatic rings. The van der Waals surface area contributed by atoms with Gasteiger partial charge in [0, 0.05) is 19.5 Å². The molecule has 1 amide bonds. The number of carbonyl (C=O) groups excluding carboxylic acids is 1. The van der Waals surface area contributed by atoms with Gasteiger partial charge in [-0.1, -0.05) is 26.0 Å². The van der Waals surface area contributed by atoms with Crippen molar-refractivity contribution in [2.75, 3.05) is 6.54 Å². The molecule has 0 bridgehead atoms. The van der Waals surface area contributed by atoms with Crippen LogP contribution in [0.1, 0.15) is 38.7 Å². The van der Waals surface area contributed by atoms with E-state index in [2.05, 4.69) is 24.1 Å². The summed E-state index contributed by atoms with van der Waals surface area (Å²) in [5, 5.41) is 3.54. The lowest BCUT2D eigenvalue weighted by atomic mass is 10.1. The molecule has 0 saturated heterocycles. The number of hydrogen-bond acceptors (Lipinski definition) is 3. The molecular weight excluding hydrogens is 290 g/mol. The molecule has 0 unspecified atom stereocenters. The summed E-state index contributed by atoms with van der Waals surface area (Å²) in [7, 11) is 0. The molecule has 5 heteroatoms. The highest BCUT2D eigenvalue weighted by molar-refractivity contribution is 5.80. The van der Waals surface area contributed by atoms with Crippen molar-refractivity contribution in [1.29, 1.82) is 0 Å². The van der Waals surface area contributed by atoms with E-state index in [9.17, 15) is 9.59 Å². The van der Waals surface area contributed by atoms with Gasteiger partial charge in [0.15, 0.2) is 0 Å². The molecule has 1 aromatic carbocycles. The molecule has 0 atom stereocenters. The Hall–Kier alpha value is -2.17. The molecule has 1 aromatic heterocycles. The van der Waals surface area contributed by atoms with Crippen LogP contribution >= 0.6 is 0 Å². The van der Waals surface area contributed by atoms with Gasteiger partial charge in [0.2, 0.25) is 5.91 Å². The predicted molar refractivity (Wildman–Crippen MR) is 92.4 cm³/mol. The van der Waals surface area contributed by atoms with Gasteiger partial charge in [-0.25, -0.2) is 4.98 Å². The van der Waals surface area contributed by atoms with Gasteiger partial charge in [0.25, 0.3) is 5.56 Å². The van der Waals surface area contributed by atoms with Crippen molar-refractivity contribution in [3.63, 3.8) is 0 Å². The summed E-state index contributed by atoms with van der Waals surface area (Å²) in [4.78, 5) is 28.5. The smallest absolute Gasteiger partial charge is 0.261 e. The number of benzene rings is 1. The van der Waals surface area contributed by atoms with Crippen LogP contribution in [0.25, 0.3) is 10.9 Å². The van der Waals surface area contributed by atoms with Crippen molar-refractivity contribution < 1.29 is 4.79 Å². The third kappa shape index (κ3) is 4.65. The van der Waals surface area contributed by atoms with Crippen molar-refractivity contribution in [2.24, 2.45) is 5.92 Å². The van der Waals surface area contributed by atoms with Gasteiger partial charge in [-0.05, 0) is 37.3 Å². The van der Waals surface area contributed by atoms with Crippen molar-refractivity contribution >= 4 is 16.8 Å². The number of rotatable bonds is 7. The molecule has 0 spiro atoms. The number of hydrogen-bond donors (Lipinski definition) is 1. The summed E-state index contributed by atoms with van der Waals surface area (Å²) in [5.74, 6) is 0.629. The van der Waals surface area contributed by atoms with Crippen molar-refractivity contribution in [1.82, 2.24) is 14.9 Å². The van der Waals surface area contributed by atoms with Gasteiger partial charge in [-0.3, -0.25) is 14.2 Å². The summed E-state index contributed by atoms with van der Waals surface area (Å²) in [6.45, 7) is 7.43. The van der Waals surface area contributed by atoms with Gasteiger partial charge < -0.3 is 5.32 Å². The van der Waals surface area contributed by atoms with Gasteiger partial charge in [0.1, 0.15) is 0 Å². The lowest BCUT2D eigenvalue weighted by Crippen LogP contribution is -2.26. The molecule has 0 saturated carbocycles. The molecular formula is C18H25N3O2. The zero-order valence-corrected chi connectivity index (χ0v) is 14.1. The highest BCUT2D eigenvalue weighted by Gasteiger charge is 2.07. The first-order valence-electron chi connectivity index (χ1n) is 8.20. The molecule has 1 heterocycles. The zero-order valence-electron chi connectivity index (χ0n) is 14.1. The molecule has 2 rings (SSSR count). The minimum absolute atomic E-state index is 0.0427. The predicted octanol–water partition coefficient (Wildman–Crippen LogP) is 2.65. The van der Waals surface area contributed by atoms with Gasteiger partial charge in [0.05, 0.1) is 17.2 Å². The molecule has 0 aliphatic heterocycles. The average molecular weight is 315 g/mol. The van der Waals surface area contributed by atoms with E-state index in [0.29, 0.717) is 37.2 Å². The summed E-state index contributed by atoms with van der Waals surface area (Å²) >= 11 is 0. The highest BCUT2D eigenvalue weighted by Crippen LogP contribution is 2.11. The van der Waals surface area contributed by atoms with Crippen LogP contribution in [0.4, 0.5) is 0 Å². The molecule has 0 aliphatic carbocycles. The van der Waals surface area contributed by atoms with E-state index >= 15 is 0 Å². The fraction of sp³-hybridized carbons (Fsp3) is 0.500. The second-order valence-corrected chi connectivity index (χ2v) is 6.35. The topological polar surface area (TPSA) is 64.0 Å². The Balaban J connectivity index is 1.92. The van der Waals surface area contributed by atoms with Crippen LogP contribution < -0.4 is 10.9 Å². The maximum absolute atomic E-state index is 12.4. The third-order valence-electron chi connectivity index (χ3n) is 3.90. The molecule has 0 radical (unpaired) electrons. The minimum atomic E-state index is -0.0427. The minimum Gasteiger partial charge on any atom is -0.356 e. The Morgan fingerprint density at radius 3 is 2.87 bits per heavy atom. The Bertz CT molecular complexity index is 735. The average Bonchev–Trinajstić information content (AvgIpc) is 2.50. The lowest BCUT2D eigenvalue weighted by Gasteiger charge is -2.09. The van der Waals surface area contributed by atoms with E-state index in [-0.39, 0.29) is 11.5 Å². The monoisotopic (exact) mass is 315 g/mol. The molecule has 124 valence electrons. The second kappa shape index (κ2) is 7.90. The van der Waals surface area contributed by atoms with Crippen molar-refractivity contribution in [2.45, 2.75) is 46.6 Å². The first kappa shape index (κ1) is 17.2. The number of aromatic nitrogens is 2. The van der Waals surface area contributed by atoms with Crippen molar-refractivity contribution in [3.05, 3.63) is 40.4 Å². The number of aryl methyl sites for hydroxylation is 2. The first-order valence-corrected chi connectivity index (χ1v) is 8.20. The second-order valence-electron chi connectivity index (χ2n) is 6.35. The number of nitrogens with one attached hydrogen (secondary N) is 1. The number of amides is 1. The van der Waals surface area contributed by atoms with E-state index in [1.165, 1.54) is 0 Å². The SMILES string of the molecule is Cc1cccc2c(=O)n(CCCC(=O)NCCC(C)C)cnc12. The summed E-state index contributed by atoms with van der Waals surface area (Å²) in [5.41, 5.74) is 1.70. The van der Waals surface area contributed by atoms with E-state index in [1.54, 1.807) is 17.0 Å². The Morgan fingerprint density at radius 2 is 2.13 bits per heavy atom. The van der Waals surface area contributed by atoms with Gasteiger partial charge in [-0.2, -0.15) is 0 Å². The highest BCUT2D eigenvalue weighted by atomic mass is 16.1. The number of nitrogens with zero attached hydrogens (tertiary/aromatic N) is 2. The van der Waals surface area contributed by atoms with Crippen LogP contribution in [0.15, 0.2) is 29.3 Å². The number of para-hydroxylation sites is 1. The lowest BCUT2D eigenvalue weighted by molar-refractivity contribution is -0.121. The van der Waals surface area contributed by atoms with Crippen LogP contribution in [0, 0.1) is 12.8 Å². The van der Waals surface area contributed by atoms with Crippen molar-refractivity contribution in [3.8, 4) is 0 Å².